The van der Waals surface area contributed by atoms with Crippen LogP contribution < -0.4 is 5.73 Å². The number of halogens is 1. The summed E-state index contributed by atoms with van der Waals surface area (Å²) in [5.74, 6) is 1.32. The predicted octanol–water partition coefficient (Wildman–Crippen LogP) is 3.47. The van der Waals surface area contributed by atoms with Crippen molar-refractivity contribution >= 4 is 28.1 Å². The van der Waals surface area contributed by atoms with E-state index in [0.717, 1.165) is 12.8 Å². The van der Waals surface area contributed by atoms with E-state index in [1.807, 2.05) is 0 Å². The third-order valence-corrected chi connectivity index (χ3v) is 4.09. The number of nitrogens with two attached hydrogens (primary N) is 1. The van der Waals surface area contributed by atoms with Gasteiger partial charge < -0.3 is 5.73 Å². The minimum absolute atomic E-state index is 0.524. The van der Waals surface area contributed by atoms with E-state index in [2.05, 4.69) is 13.8 Å². The maximum atomic E-state index is 11.9. The molecule has 1 aromatic rings. The second kappa shape index (κ2) is 6.26. The fourth-order valence-electron chi connectivity index (χ4n) is 1.46. The van der Waals surface area contributed by atoms with Crippen LogP contribution in [-0.2, 0) is 10.8 Å². The Morgan fingerprint density at radius 3 is 2.69 bits per heavy atom. The molecule has 0 radical (unpaired) electrons. The molecule has 0 aromatic heterocycles. The van der Waals surface area contributed by atoms with E-state index in [4.69, 9.17) is 17.3 Å². The summed E-state index contributed by atoms with van der Waals surface area (Å²) in [6.45, 7) is 4.33. The normalized spacial score (nSPS) is 13.0. The fourth-order valence-corrected chi connectivity index (χ4v) is 2.83. The highest BCUT2D eigenvalue weighted by molar-refractivity contribution is 7.85. The summed E-state index contributed by atoms with van der Waals surface area (Å²) in [6, 6.07) is 5.13. The molecule has 0 spiro atoms. The van der Waals surface area contributed by atoms with Gasteiger partial charge in [-0.3, -0.25) is 4.21 Å². The molecule has 2 nitrogen and oxygen atoms in total. The summed E-state index contributed by atoms with van der Waals surface area (Å²) >= 11 is 5.79. The third kappa shape index (κ3) is 4.14. The Morgan fingerprint density at radius 1 is 1.44 bits per heavy atom. The molecule has 1 aromatic carbocycles. The van der Waals surface area contributed by atoms with Gasteiger partial charge in [0.2, 0.25) is 0 Å². The van der Waals surface area contributed by atoms with Gasteiger partial charge in [-0.1, -0.05) is 31.9 Å². The number of benzene rings is 1. The van der Waals surface area contributed by atoms with Crippen LogP contribution in [-0.4, -0.2) is 9.96 Å². The zero-order valence-corrected chi connectivity index (χ0v) is 11.3. The van der Waals surface area contributed by atoms with Crippen molar-refractivity contribution < 1.29 is 4.21 Å². The number of rotatable bonds is 5. The van der Waals surface area contributed by atoms with Crippen molar-refractivity contribution in [3.05, 3.63) is 23.2 Å². The van der Waals surface area contributed by atoms with Gasteiger partial charge in [-0.05, 0) is 30.5 Å². The molecule has 2 N–H and O–H groups in total. The van der Waals surface area contributed by atoms with Crippen LogP contribution in [0.1, 0.15) is 26.7 Å². The van der Waals surface area contributed by atoms with Crippen molar-refractivity contribution in [3.63, 3.8) is 0 Å². The van der Waals surface area contributed by atoms with E-state index in [1.165, 1.54) is 0 Å². The summed E-state index contributed by atoms with van der Waals surface area (Å²) in [6.07, 6.45) is 2.06. The van der Waals surface area contributed by atoms with Crippen molar-refractivity contribution in [2.24, 2.45) is 5.92 Å². The van der Waals surface area contributed by atoms with Gasteiger partial charge in [0.25, 0.3) is 0 Å². The molecule has 1 rings (SSSR count). The molecule has 0 bridgehead atoms. The van der Waals surface area contributed by atoms with Crippen molar-refractivity contribution in [3.8, 4) is 0 Å². The topological polar surface area (TPSA) is 43.1 Å². The molecule has 16 heavy (non-hydrogen) atoms. The molecule has 4 heteroatoms. The summed E-state index contributed by atoms with van der Waals surface area (Å²) < 4.78 is 11.9. The first-order valence-corrected chi connectivity index (χ1v) is 7.14. The van der Waals surface area contributed by atoms with E-state index in [9.17, 15) is 4.21 Å². The van der Waals surface area contributed by atoms with Crippen LogP contribution in [0.25, 0.3) is 0 Å². The molecule has 0 aliphatic heterocycles. The SMILES string of the molecule is CC(C)CCCS(=O)c1ccc(Cl)cc1N. The van der Waals surface area contributed by atoms with Crippen molar-refractivity contribution in [1.82, 2.24) is 0 Å². The molecule has 0 heterocycles. The number of anilines is 1. The zero-order chi connectivity index (χ0) is 12.1. The predicted molar refractivity (Wildman–Crippen MR) is 71.2 cm³/mol. The lowest BCUT2D eigenvalue weighted by molar-refractivity contribution is 0.575. The molecule has 1 unspecified atom stereocenters. The smallest absolute Gasteiger partial charge is 0.0618 e. The zero-order valence-electron chi connectivity index (χ0n) is 9.70. The van der Waals surface area contributed by atoms with E-state index in [1.54, 1.807) is 18.2 Å². The van der Waals surface area contributed by atoms with Gasteiger partial charge in [0, 0.05) is 16.5 Å². The Balaban J connectivity index is 2.59. The Morgan fingerprint density at radius 2 is 2.12 bits per heavy atom. The van der Waals surface area contributed by atoms with Crippen LogP contribution in [0.4, 0.5) is 5.69 Å². The first-order chi connectivity index (χ1) is 7.50. The molecule has 1 atom stereocenters. The molecule has 0 aliphatic carbocycles. The van der Waals surface area contributed by atoms with Crippen molar-refractivity contribution in [2.75, 3.05) is 11.5 Å². The molecule has 90 valence electrons. The summed E-state index contributed by atoms with van der Waals surface area (Å²) in [5.41, 5.74) is 6.30. The summed E-state index contributed by atoms with van der Waals surface area (Å²) in [7, 11) is -1.00. The summed E-state index contributed by atoms with van der Waals surface area (Å²) in [4.78, 5) is 0.702. The van der Waals surface area contributed by atoms with Gasteiger partial charge in [-0.25, -0.2) is 0 Å². The maximum absolute atomic E-state index is 11.9. The Kier molecular flexibility index (Phi) is 5.29. The first kappa shape index (κ1) is 13.5. The van der Waals surface area contributed by atoms with E-state index < -0.39 is 10.8 Å². The van der Waals surface area contributed by atoms with Gasteiger partial charge in [0.1, 0.15) is 0 Å². The first-order valence-electron chi connectivity index (χ1n) is 5.44. The minimum atomic E-state index is -1.00. The van der Waals surface area contributed by atoms with Crippen molar-refractivity contribution in [1.29, 1.82) is 0 Å². The Hall–Kier alpha value is -0.540. The third-order valence-electron chi connectivity index (χ3n) is 2.33. The molecule has 0 amide bonds. The van der Waals surface area contributed by atoms with Gasteiger partial charge >= 0.3 is 0 Å². The highest BCUT2D eigenvalue weighted by atomic mass is 35.5. The quantitative estimate of drug-likeness (QED) is 0.823. The van der Waals surface area contributed by atoms with Gasteiger partial charge in [0.15, 0.2) is 0 Å². The van der Waals surface area contributed by atoms with E-state index in [-0.39, 0.29) is 0 Å². The highest BCUT2D eigenvalue weighted by Crippen LogP contribution is 2.22. The molecule has 0 fully saturated rings. The lowest BCUT2D eigenvalue weighted by atomic mass is 10.1. The van der Waals surface area contributed by atoms with Crippen LogP contribution in [0.15, 0.2) is 23.1 Å². The maximum Gasteiger partial charge on any atom is 0.0618 e. The Labute approximate surface area is 105 Å². The number of nitrogen functional groups attached to an aromatic ring is 1. The Bertz CT molecular complexity index is 379. The fraction of sp³-hybridized carbons (Fsp3) is 0.500. The molecule has 0 saturated heterocycles. The van der Waals surface area contributed by atoms with Gasteiger partial charge in [0.05, 0.1) is 15.7 Å². The number of hydrogen-bond acceptors (Lipinski definition) is 2. The molecule has 0 aliphatic rings. The monoisotopic (exact) mass is 259 g/mol. The van der Waals surface area contributed by atoms with E-state index in [0.29, 0.717) is 27.3 Å². The molecular formula is C12H18ClNOS. The van der Waals surface area contributed by atoms with Crippen molar-refractivity contribution in [2.45, 2.75) is 31.6 Å². The lowest BCUT2D eigenvalue weighted by Gasteiger charge is -2.07. The average molecular weight is 260 g/mol. The minimum Gasteiger partial charge on any atom is -0.398 e. The van der Waals surface area contributed by atoms with Crippen LogP contribution in [0.2, 0.25) is 5.02 Å². The average Bonchev–Trinajstić information content (AvgIpc) is 2.16. The van der Waals surface area contributed by atoms with E-state index >= 15 is 0 Å². The lowest BCUT2D eigenvalue weighted by Crippen LogP contribution is -2.03. The molecule has 0 saturated carbocycles. The largest absolute Gasteiger partial charge is 0.398 e. The van der Waals surface area contributed by atoms with Gasteiger partial charge in [-0.15, -0.1) is 0 Å². The molecular weight excluding hydrogens is 242 g/mol. The van der Waals surface area contributed by atoms with Crippen LogP contribution >= 0.6 is 11.6 Å². The van der Waals surface area contributed by atoms with Gasteiger partial charge in [-0.2, -0.15) is 0 Å². The van der Waals surface area contributed by atoms with Crippen LogP contribution in [0.5, 0.6) is 0 Å². The number of hydrogen-bond donors (Lipinski definition) is 1. The summed E-state index contributed by atoms with van der Waals surface area (Å²) in [5, 5.41) is 0.584. The highest BCUT2D eigenvalue weighted by Gasteiger charge is 2.08. The van der Waals surface area contributed by atoms with Crippen LogP contribution in [0.3, 0.4) is 0 Å². The second-order valence-corrected chi connectivity index (χ2v) is 6.24. The second-order valence-electron chi connectivity index (χ2n) is 4.27. The standard InChI is InChI=1S/C12H18ClNOS/c1-9(2)4-3-7-16(15)12-6-5-10(13)8-11(12)14/h5-6,8-9H,3-4,7,14H2,1-2H3. The van der Waals surface area contributed by atoms with Crippen LogP contribution in [0, 0.1) is 5.92 Å².